The summed E-state index contributed by atoms with van der Waals surface area (Å²) in [6, 6.07) is 15.3. The molecule has 0 saturated carbocycles. The van der Waals surface area contributed by atoms with E-state index in [0.717, 1.165) is 0 Å². The van der Waals surface area contributed by atoms with E-state index in [0.29, 0.717) is 16.3 Å². The van der Waals surface area contributed by atoms with Gasteiger partial charge in [0.2, 0.25) is 5.78 Å². The number of hydrogen-bond donors (Lipinski definition) is 0. The van der Waals surface area contributed by atoms with Gasteiger partial charge in [-0.3, -0.25) is 4.79 Å². The van der Waals surface area contributed by atoms with E-state index >= 15 is 0 Å². The van der Waals surface area contributed by atoms with Gasteiger partial charge in [0.25, 0.3) is 0 Å². The average molecular weight is 319 g/mol. The van der Waals surface area contributed by atoms with Gasteiger partial charge in [0.05, 0.1) is 0 Å². The number of benzene rings is 2. The number of ketones is 1. The van der Waals surface area contributed by atoms with Crippen molar-refractivity contribution >= 4 is 23.4 Å². The number of ether oxygens (including phenoxy) is 2. The number of carbonyl (C=O) groups is 2. The molecule has 0 radical (unpaired) electrons. The fraction of sp³-hybridized carbons (Fsp3) is 0.176. The lowest BCUT2D eigenvalue weighted by Crippen LogP contribution is -2.27. The molecule has 2 aromatic carbocycles. The van der Waals surface area contributed by atoms with Crippen LogP contribution in [0.15, 0.2) is 54.6 Å². The Kier molecular flexibility index (Phi) is 5.55. The van der Waals surface area contributed by atoms with Gasteiger partial charge in [-0.2, -0.15) is 0 Å². The third-order valence-corrected chi connectivity index (χ3v) is 3.16. The topological polar surface area (TPSA) is 52.6 Å². The fourth-order valence-electron chi connectivity index (χ4n) is 1.79. The van der Waals surface area contributed by atoms with Crippen LogP contribution < -0.4 is 4.74 Å². The Morgan fingerprint density at radius 3 is 2.32 bits per heavy atom. The molecule has 0 saturated heterocycles. The van der Waals surface area contributed by atoms with Crippen LogP contribution in [0, 0.1) is 0 Å². The minimum atomic E-state index is -0.881. The molecule has 5 heteroatoms. The van der Waals surface area contributed by atoms with Gasteiger partial charge in [0.15, 0.2) is 12.7 Å². The summed E-state index contributed by atoms with van der Waals surface area (Å²) < 4.78 is 10.3. The minimum Gasteiger partial charge on any atom is -0.482 e. The summed E-state index contributed by atoms with van der Waals surface area (Å²) in [7, 11) is 0. The first kappa shape index (κ1) is 16.0. The third-order valence-electron chi connectivity index (χ3n) is 2.91. The molecule has 4 nitrogen and oxygen atoms in total. The Morgan fingerprint density at radius 1 is 1.05 bits per heavy atom. The second kappa shape index (κ2) is 7.61. The third kappa shape index (κ3) is 4.60. The number of esters is 1. The molecule has 0 bridgehead atoms. The average Bonchev–Trinajstić information content (AvgIpc) is 2.54. The van der Waals surface area contributed by atoms with Gasteiger partial charge in [0, 0.05) is 10.6 Å². The Balaban J connectivity index is 1.85. The Bertz CT molecular complexity index is 637. The quantitative estimate of drug-likeness (QED) is 0.604. The van der Waals surface area contributed by atoms with Crippen LogP contribution in [-0.4, -0.2) is 24.5 Å². The van der Waals surface area contributed by atoms with Crippen molar-refractivity contribution in [2.75, 3.05) is 6.61 Å². The summed E-state index contributed by atoms with van der Waals surface area (Å²) in [4.78, 5) is 23.8. The van der Waals surface area contributed by atoms with Gasteiger partial charge >= 0.3 is 5.97 Å². The van der Waals surface area contributed by atoms with Crippen molar-refractivity contribution in [2.45, 2.75) is 13.0 Å². The standard InChI is InChI=1S/C17H15ClO4/c1-12(17(20)13-7-9-14(18)10-8-13)22-16(19)11-21-15-5-3-2-4-6-15/h2-10,12H,11H2,1H3. The summed E-state index contributed by atoms with van der Waals surface area (Å²) in [6.45, 7) is 1.28. The lowest BCUT2D eigenvalue weighted by molar-refractivity contribution is -0.148. The molecular weight excluding hydrogens is 304 g/mol. The summed E-state index contributed by atoms with van der Waals surface area (Å²) in [5, 5.41) is 0.539. The highest BCUT2D eigenvalue weighted by molar-refractivity contribution is 6.30. The Morgan fingerprint density at radius 2 is 1.68 bits per heavy atom. The van der Waals surface area contributed by atoms with Crippen molar-refractivity contribution in [3.63, 3.8) is 0 Å². The van der Waals surface area contributed by atoms with E-state index in [9.17, 15) is 9.59 Å². The minimum absolute atomic E-state index is 0.248. The molecule has 0 heterocycles. The second-order valence-corrected chi connectivity index (χ2v) is 5.04. The van der Waals surface area contributed by atoms with E-state index in [4.69, 9.17) is 21.1 Å². The SMILES string of the molecule is CC(OC(=O)COc1ccccc1)C(=O)c1ccc(Cl)cc1. The van der Waals surface area contributed by atoms with Gasteiger partial charge in [-0.05, 0) is 43.3 Å². The van der Waals surface area contributed by atoms with Gasteiger partial charge in [-0.25, -0.2) is 4.79 Å². The number of halogens is 1. The van der Waals surface area contributed by atoms with E-state index in [1.807, 2.05) is 6.07 Å². The number of carbonyl (C=O) groups excluding carboxylic acids is 2. The van der Waals surface area contributed by atoms with Crippen molar-refractivity contribution in [3.8, 4) is 5.75 Å². The maximum absolute atomic E-state index is 12.1. The zero-order valence-corrected chi connectivity index (χ0v) is 12.7. The van der Waals surface area contributed by atoms with Crippen molar-refractivity contribution in [1.82, 2.24) is 0 Å². The van der Waals surface area contributed by atoms with E-state index < -0.39 is 12.1 Å². The molecule has 0 fully saturated rings. The molecule has 0 amide bonds. The molecule has 0 aliphatic carbocycles. The van der Waals surface area contributed by atoms with Crippen molar-refractivity contribution in [3.05, 3.63) is 65.2 Å². The van der Waals surface area contributed by atoms with Gasteiger partial charge in [-0.15, -0.1) is 0 Å². The van der Waals surface area contributed by atoms with E-state index in [1.54, 1.807) is 48.5 Å². The molecule has 0 spiro atoms. The molecule has 22 heavy (non-hydrogen) atoms. The summed E-state index contributed by atoms with van der Waals surface area (Å²) in [5.74, 6) is -0.320. The molecule has 2 aromatic rings. The smallest absolute Gasteiger partial charge is 0.344 e. The second-order valence-electron chi connectivity index (χ2n) is 4.60. The largest absolute Gasteiger partial charge is 0.482 e. The van der Waals surface area contributed by atoms with Crippen LogP contribution >= 0.6 is 11.6 Å². The highest BCUT2D eigenvalue weighted by Crippen LogP contribution is 2.13. The number of hydrogen-bond acceptors (Lipinski definition) is 4. The summed E-state index contributed by atoms with van der Waals surface area (Å²) in [6.07, 6.45) is -0.881. The first-order valence-electron chi connectivity index (χ1n) is 6.73. The van der Waals surface area contributed by atoms with Gasteiger partial charge in [0.1, 0.15) is 5.75 Å². The molecule has 1 unspecified atom stereocenters. The van der Waals surface area contributed by atoms with Crippen molar-refractivity contribution in [1.29, 1.82) is 0 Å². The van der Waals surface area contributed by atoms with E-state index in [1.165, 1.54) is 6.92 Å². The first-order valence-corrected chi connectivity index (χ1v) is 7.11. The molecular formula is C17H15ClO4. The van der Waals surface area contributed by atoms with Crippen LogP contribution in [0.1, 0.15) is 17.3 Å². The van der Waals surface area contributed by atoms with Crippen LogP contribution in [0.2, 0.25) is 5.02 Å². The van der Waals surface area contributed by atoms with Gasteiger partial charge < -0.3 is 9.47 Å². The highest BCUT2D eigenvalue weighted by Gasteiger charge is 2.19. The van der Waals surface area contributed by atoms with Crippen LogP contribution in [0.5, 0.6) is 5.75 Å². The first-order chi connectivity index (χ1) is 10.6. The van der Waals surface area contributed by atoms with E-state index in [2.05, 4.69) is 0 Å². The lowest BCUT2D eigenvalue weighted by atomic mass is 10.1. The molecule has 0 aliphatic heterocycles. The molecule has 0 aliphatic rings. The maximum atomic E-state index is 12.1. The Hall–Kier alpha value is -2.33. The highest BCUT2D eigenvalue weighted by atomic mass is 35.5. The Labute approximate surface area is 133 Å². The number of rotatable bonds is 6. The normalized spacial score (nSPS) is 11.5. The van der Waals surface area contributed by atoms with Crippen molar-refractivity contribution < 1.29 is 19.1 Å². The van der Waals surface area contributed by atoms with Crippen LogP contribution in [-0.2, 0) is 9.53 Å². The van der Waals surface area contributed by atoms with E-state index in [-0.39, 0.29) is 12.4 Å². The van der Waals surface area contributed by atoms with Crippen LogP contribution in [0.3, 0.4) is 0 Å². The van der Waals surface area contributed by atoms with Crippen LogP contribution in [0.4, 0.5) is 0 Å². The molecule has 2 rings (SSSR count). The van der Waals surface area contributed by atoms with Crippen LogP contribution in [0.25, 0.3) is 0 Å². The van der Waals surface area contributed by atoms with Gasteiger partial charge in [-0.1, -0.05) is 29.8 Å². The predicted molar refractivity (Wildman–Crippen MR) is 83.3 cm³/mol. The molecule has 1 atom stereocenters. The molecule has 0 aromatic heterocycles. The monoisotopic (exact) mass is 318 g/mol. The predicted octanol–water partition coefficient (Wildman–Crippen LogP) is 3.53. The summed E-state index contributed by atoms with van der Waals surface area (Å²) >= 11 is 5.77. The number of Topliss-reactive ketones (excluding diaryl/α,β-unsaturated/α-hetero) is 1. The maximum Gasteiger partial charge on any atom is 0.344 e. The molecule has 114 valence electrons. The lowest BCUT2D eigenvalue weighted by Gasteiger charge is -2.13. The zero-order valence-electron chi connectivity index (χ0n) is 12.0. The molecule has 0 N–H and O–H groups in total. The zero-order chi connectivity index (χ0) is 15.9. The summed E-state index contributed by atoms with van der Waals surface area (Å²) in [5.41, 5.74) is 0.439. The fourth-order valence-corrected chi connectivity index (χ4v) is 1.92. The van der Waals surface area contributed by atoms with Crippen molar-refractivity contribution in [2.24, 2.45) is 0 Å². The number of para-hydroxylation sites is 1.